The number of aromatic nitrogens is 2. The lowest BCUT2D eigenvalue weighted by atomic mass is 10.1. The highest BCUT2D eigenvalue weighted by Gasteiger charge is 2.16. The summed E-state index contributed by atoms with van der Waals surface area (Å²) in [5.74, 6) is 0. The molecule has 0 bridgehead atoms. The van der Waals surface area contributed by atoms with Crippen LogP contribution in [0.1, 0.15) is 31.7 Å². The van der Waals surface area contributed by atoms with Gasteiger partial charge >= 0.3 is 0 Å². The topological polar surface area (TPSA) is 39.1 Å². The molecule has 0 saturated heterocycles. The second-order valence-corrected chi connectivity index (χ2v) is 4.88. The molecule has 18 heavy (non-hydrogen) atoms. The van der Waals surface area contributed by atoms with Gasteiger partial charge in [0, 0.05) is 26.1 Å². The zero-order valence-electron chi connectivity index (χ0n) is 11.8. The Hall–Kier alpha value is -0.580. The lowest BCUT2D eigenvalue weighted by molar-refractivity contribution is 0.111. The molecule has 1 rings (SSSR count). The summed E-state index contributed by atoms with van der Waals surface area (Å²) in [6.07, 6.45) is 1.89. The summed E-state index contributed by atoms with van der Waals surface area (Å²) in [4.78, 5) is 0. The monoisotopic (exact) mass is 273 g/mol. The van der Waals surface area contributed by atoms with E-state index in [4.69, 9.17) is 16.3 Å². The second-order valence-electron chi connectivity index (χ2n) is 4.50. The number of rotatable bonds is 8. The SMILES string of the molecule is CCCOCC(Cc1c(Cl)c(C)nn1C)NCC. The zero-order valence-corrected chi connectivity index (χ0v) is 12.5. The van der Waals surface area contributed by atoms with Crippen molar-refractivity contribution in [1.29, 1.82) is 0 Å². The minimum absolute atomic E-state index is 0.286. The third kappa shape index (κ3) is 4.26. The van der Waals surface area contributed by atoms with Crippen LogP contribution in [0.2, 0.25) is 5.02 Å². The van der Waals surface area contributed by atoms with E-state index in [1.165, 1.54) is 0 Å². The van der Waals surface area contributed by atoms with Crippen LogP contribution in [0.4, 0.5) is 0 Å². The number of nitrogens with one attached hydrogen (secondary N) is 1. The molecule has 0 aliphatic rings. The predicted octanol–water partition coefficient (Wildman–Crippen LogP) is 2.33. The molecule has 0 fully saturated rings. The number of nitrogens with zero attached hydrogens (tertiary/aromatic N) is 2. The number of halogens is 1. The molecule has 0 spiro atoms. The van der Waals surface area contributed by atoms with E-state index in [0.29, 0.717) is 6.61 Å². The van der Waals surface area contributed by atoms with Crippen LogP contribution in [0.3, 0.4) is 0 Å². The van der Waals surface area contributed by atoms with Gasteiger partial charge in [-0.15, -0.1) is 0 Å². The zero-order chi connectivity index (χ0) is 13.5. The Kier molecular flexibility index (Phi) is 6.68. The van der Waals surface area contributed by atoms with E-state index in [9.17, 15) is 0 Å². The van der Waals surface area contributed by atoms with Crippen molar-refractivity contribution in [1.82, 2.24) is 15.1 Å². The Morgan fingerprint density at radius 2 is 2.17 bits per heavy atom. The van der Waals surface area contributed by atoms with Gasteiger partial charge in [-0.25, -0.2) is 0 Å². The first-order valence-electron chi connectivity index (χ1n) is 6.59. The fraction of sp³-hybridized carbons (Fsp3) is 0.769. The van der Waals surface area contributed by atoms with Gasteiger partial charge < -0.3 is 10.1 Å². The molecule has 4 nitrogen and oxygen atoms in total. The van der Waals surface area contributed by atoms with Crippen molar-refractivity contribution in [2.24, 2.45) is 7.05 Å². The molecule has 1 aromatic heterocycles. The van der Waals surface area contributed by atoms with Crippen LogP contribution in [-0.4, -0.2) is 35.6 Å². The summed E-state index contributed by atoms with van der Waals surface area (Å²) < 4.78 is 7.48. The molecule has 1 aromatic rings. The highest BCUT2D eigenvalue weighted by molar-refractivity contribution is 6.31. The van der Waals surface area contributed by atoms with Gasteiger partial charge in [-0.2, -0.15) is 5.10 Å². The van der Waals surface area contributed by atoms with Crippen molar-refractivity contribution in [2.75, 3.05) is 19.8 Å². The minimum atomic E-state index is 0.286. The van der Waals surface area contributed by atoms with Crippen LogP contribution in [0.15, 0.2) is 0 Å². The van der Waals surface area contributed by atoms with E-state index < -0.39 is 0 Å². The van der Waals surface area contributed by atoms with Gasteiger partial charge in [0.1, 0.15) is 0 Å². The molecule has 0 amide bonds. The van der Waals surface area contributed by atoms with E-state index in [1.807, 2.05) is 18.7 Å². The average molecular weight is 274 g/mol. The minimum Gasteiger partial charge on any atom is -0.380 e. The largest absolute Gasteiger partial charge is 0.380 e. The first-order chi connectivity index (χ1) is 8.60. The third-order valence-corrected chi connectivity index (χ3v) is 3.35. The average Bonchev–Trinajstić information content (AvgIpc) is 2.56. The van der Waals surface area contributed by atoms with Gasteiger partial charge in [-0.1, -0.05) is 25.4 Å². The Labute approximate surface area is 115 Å². The molecular weight excluding hydrogens is 250 g/mol. The van der Waals surface area contributed by atoms with Crippen LogP contribution in [0, 0.1) is 6.92 Å². The van der Waals surface area contributed by atoms with Gasteiger partial charge in [0.05, 0.1) is 23.0 Å². The molecule has 1 N–H and O–H groups in total. The molecular formula is C13H24ClN3O. The van der Waals surface area contributed by atoms with Crippen molar-refractivity contribution >= 4 is 11.6 Å². The molecule has 1 heterocycles. The Morgan fingerprint density at radius 3 is 2.67 bits per heavy atom. The van der Waals surface area contributed by atoms with Gasteiger partial charge in [-0.05, 0) is 19.9 Å². The van der Waals surface area contributed by atoms with Crippen molar-refractivity contribution in [3.8, 4) is 0 Å². The lowest BCUT2D eigenvalue weighted by Gasteiger charge is -2.18. The van der Waals surface area contributed by atoms with Crippen LogP contribution in [0.25, 0.3) is 0 Å². The summed E-state index contributed by atoms with van der Waals surface area (Å²) in [5, 5.41) is 8.54. The first kappa shape index (κ1) is 15.5. The maximum absolute atomic E-state index is 6.27. The molecule has 0 aliphatic heterocycles. The maximum atomic E-state index is 6.27. The highest BCUT2D eigenvalue weighted by Crippen LogP contribution is 2.20. The third-order valence-electron chi connectivity index (χ3n) is 2.86. The van der Waals surface area contributed by atoms with E-state index >= 15 is 0 Å². The van der Waals surface area contributed by atoms with Gasteiger partial charge in [0.25, 0.3) is 0 Å². The number of hydrogen-bond donors (Lipinski definition) is 1. The Balaban J connectivity index is 2.64. The maximum Gasteiger partial charge on any atom is 0.0847 e. The molecule has 1 atom stereocenters. The normalized spacial score (nSPS) is 12.9. The van der Waals surface area contributed by atoms with Crippen molar-refractivity contribution in [3.05, 3.63) is 16.4 Å². The molecule has 0 aromatic carbocycles. The van der Waals surface area contributed by atoms with Crippen molar-refractivity contribution in [2.45, 2.75) is 39.7 Å². The quantitative estimate of drug-likeness (QED) is 0.739. The van der Waals surface area contributed by atoms with Crippen molar-refractivity contribution < 1.29 is 4.74 Å². The smallest absolute Gasteiger partial charge is 0.0847 e. The molecule has 1 unspecified atom stereocenters. The number of hydrogen-bond acceptors (Lipinski definition) is 3. The number of aryl methyl sites for hydroxylation is 2. The highest BCUT2D eigenvalue weighted by atomic mass is 35.5. The Morgan fingerprint density at radius 1 is 1.44 bits per heavy atom. The van der Waals surface area contributed by atoms with Gasteiger partial charge in [-0.3, -0.25) is 4.68 Å². The predicted molar refractivity (Wildman–Crippen MR) is 75.2 cm³/mol. The number of ether oxygens (including phenoxy) is 1. The summed E-state index contributed by atoms with van der Waals surface area (Å²) in [7, 11) is 1.93. The fourth-order valence-electron chi connectivity index (χ4n) is 1.98. The van der Waals surface area contributed by atoms with Crippen LogP contribution < -0.4 is 5.32 Å². The van der Waals surface area contributed by atoms with E-state index in [2.05, 4.69) is 24.3 Å². The molecule has 0 radical (unpaired) electrons. The van der Waals surface area contributed by atoms with Crippen LogP contribution in [-0.2, 0) is 18.2 Å². The molecule has 0 aliphatic carbocycles. The molecule has 104 valence electrons. The van der Waals surface area contributed by atoms with Crippen molar-refractivity contribution in [3.63, 3.8) is 0 Å². The summed E-state index contributed by atoms with van der Waals surface area (Å²) >= 11 is 6.27. The van der Waals surface area contributed by atoms with E-state index in [0.717, 1.165) is 42.4 Å². The lowest BCUT2D eigenvalue weighted by Crippen LogP contribution is -2.36. The standard InChI is InChI=1S/C13H24ClN3O/c1-5-7-18-9-11(15-6-2)8-12-13(14)10(3)16-17(12)4/h11,15H,5-9H2,1-4H3. The van der Waals surface area contributed by atoms with E-state index in [1.54, 1.807) is 0 Å². The Bertz CT molecular complexity index is 365. The summed E-state index contributed by atoms with van der Waals surface area (Å²) in [6, 6.07) is 0.286. The van der Waals surface area contributed by atoms with E-state index in [-0.39, 0.29) is 6.04 Å². The second kappa shape index (κ2) is 7.77. The number of likely N-dealkylation sites (N-methyl/N-ethyl adjacent to an activating group) is 1. The summed E-state index contributed by atoms with van der Waals surface area (Å²) in [5.41, 5.74) is 1.96. The fourth-order valence-corrected chi connectivity index (χ4v) is 2.22. The van der Waals surface area contributed by atoms with Gasteiger partial charge in [0.2, 0.25) is 0 Å². The first-order valence-corrected chi connectivity index (χ1v) is 6.97. The van der Waals surface area contributed by atoms with Crippen LogP contribution >= 0.6 is 11.6 Å². The van der Waals surface area contributed by atoms with Crippen LogP contribution in [0.5, 0.6) is 0 Å². The molecule has 5 heteroatoms. The molecule has 0 saturated carbocycles. The van der Waals surface area contributed by atoms with Gasteiger partial charge in [0.15, 0.2) is 0 Å². The summed E-state index contributed by atoms with van der Waals surface area (Å²) in [6.45, 7) is 8.59.